The van der Waals surface area contributed by atoms with E-state index in [1.807, 2.05) is 0 Å². The SMILES string of the molecule is Cc1noc(CCNC(=O)NC2(CC(=O)O)CCC2)n1. The number of amides is 2. The van der Waals surface area contributed by atoms with Crippen LogP contribution in [-0.2, 0) is 11.2 Å². The average molecular weight is 282 g/mol. The van der Waals surface area contributed by atoms with E-state index in [2.05, 4.69) is 20.8 Å². The number of carbonyl (C=O) groups excluding carboxylic acids is 1. The van der Waals surface area contributed by atoms with E-state index in [-0.39, 0.29) is 12.5 Å². The summed E-state index contributed by atoms with van der Waals surface area (Å²) in [5.41, 5.74) is -0.586. The van der Waals surface area contributed by atoms with Crippen LogP contribution in [0.5, 0.6) is 0 Å². The van der Waals surface area contributed by atoms with E-state index >= 15 is 0 Å². The molecule has 20 heavy (non-hydrogen) atoms. The van der Waals surface area contributed by atoms with Gasteiger partial charge in [-0.1, -0.05) is 5.16 Å². The minimum Gasteiger partial charge on any atom is -0.481 e. The van der Waals surface area contributed by atoms with Crippen molar-refractivity contribution in [3.05, 3.63) is 11.7 Å². The van der Waals surface area contributed by atoms with Crippen molar-refractivity contribution in [2.45, 2.75) is 44.6 Å². The van der Waals surface area contributed by atoms with Crippen LogP contribution in [0.1, 0.15) is 37.4 Å². The van der Waals surface area contributed by atoms with Crippen LogP contribution in [0.25, 0.3) is 0 Å². The zero-order chi connectivity index (χ0) is 14.6. The second-order valence-corrected chi connectivity index (χ2v) is 5.07. The van der Waals surface area contributed by atoms with E-state index in [0.717, 1.165) is 6.42 Å². The molecule has 2 amide bonds. The van der Waals surface area contributed by atoms with E-state index in [4.69, 9.17) is 9.63 Å². The molecule has 1 heterocycles. The summed E-state index contributed by atoms with van der Waals surface area (Å²) in [5, 5.41) is 17.9. The molecule has 0 saturated heterocycles. The lowest BCUT2D eigenvalue weighted by molar-refractivity contribution is -0.139. The highest BCUT2D eigenvalue weighted by Crippen LogP contribution is 2.34. The summed E-state index contributed by atoms with van der Waals surface area (Å²) >= 11 is 0. The number of aryl methyl sites for hydroxylation is 1. The lowest BCUT2D eigenvalue weighted by Gasteiger charge is -2.41. The molecule has 1 aliphatic rings. The number of hydrogen-bond donors (Lipinski definition) is 3. The van der Waals surface area contributed by atoms with Gasteiger partial charge in [-0.05, 0) is 26.2 Å². The van der Waals surface area contributed by atoms with Gasteiger partial charge in [-0.2, -0.15) is 4.98 Å². The van der Waals surface area contributed by atoms with Crippen LogP contribution in [0.2, 0.25) is 0 Å². The largest absolute Gasteiger partial charge is 0.481 e. The fraction of sp³-hybridized carbons (Fsp3) is 0.667. The van der Waals surface area contributed by atoms with Crippen LogP contribution in [-0.4, -0.2) is 39.3 Å². The van der Waals surface area contributed by atoms with Gasteiger partial charge in [0.25, 0.3) is 0 Å². The van der Waals surface area contributed by atoms with Crippen molar-refractivity contribution in [3.63, 3.8) is 0 Å². The van der Waals surface area contributed by atoms with E-state index in [0.29, 0.717) is 37.5 Å². The molecule has 0 radical (unpaired) electrons. The Bertz CT molecular complexity index is 495. The Labute approximate surface area is 115 Å². The third-order valence-electron chi connectivity index (χ3n) is 3.37. The summed E-state index contributed by atoms with van der Waals surface area (Å²) in [6.07, 6.45) is 2.75. The third-order valence-corrected chi connectivity index (χ3v) is 3.37. The number of hydrogen-bond acceptors (Lipinski definition) is 5. The highest BCUT2D eigenvalue weighted by atomic mass is 16.5. The minimum atomic E-state index is -0.897. The Morgan fingerprint density at radius 2 is 2.20 bits per heavy atom. The van der Waals surface area contributed by atoms with Crippen LogP contribution < -0.4 is 10.6 Å². The predicted octanol–water partition coefficient (Wildman–Crippen LogP) is 0.617. The van der Waals surface area contributed by atoms with Gasteiger partial charge in [-0.25, -0.2) is 4.79 Å². The maximum atomic E-state index is 11.7. The molecule has 0 bridgehead atoms. The molecule has 0 atom stereocenters. The number of carbonyl (C=O) groups is 2. The number of urea groups is 1. The quantitative estimate of drug-likeness (QED) is 0.704. The maximum Gasteiger partial charge on any atom is 0.315 e. The van der Waals surface area contributed by atoms with Crippen molar-refractivity contribution in [3.8, 4) is 0 Å². The number of nitrogens with zero attached hydrogens (tertiary/aromatic N) is 2. The number of rotatable bonds is 6. The van der Waals surface area contributed by atoms with Gasteiger partial charge < -0.3 is 20.3 Å². The Kier molecular flexibility index (Phi) is 4.21. The predicted molar refractivity (Wildman–Crippen MR) is 68.1 cm³/mol. The first kappa shape index (κ1) is 14.3. The first-order chi connectivity index (χ1) is 9.49. The normalized spacial score (nSPS) is 16.2. The molecule has 1 aromatic heterocycles. The lowest BCUT2D eigenvalue weighted by Crippen LogP contribution is -2.57. The van der Waals surface area contributed by atoms with Gasteiger partial charge in [0, 0.05) is 13.0 Å². The Hall–Kier alpha value is -2.12. The van der Waals surface area contributed by atoms with Crippen LogP contribution in [0.15, 0.2) is 4.52 Å². The monoisotopic (exact) mass is 282 g/mol. The van der Waals surface area contributed by atoms with Gasteiger partial charge in [0.05, 0.1) is 12.0 Å². The van der Waals surface area contributed by atoms with Crippen LogP contribution in [0.4, 0.5) is 4.79 Å². The van der Waals surface area contributed by atoms with Gasteiger partial charge in [-0.3, -0.25) is 4.79 Å². The molecular formula is C12H18N4O4. The van der Waals surface area contributed by atoms with Gasteiger partial charge in [0.2, 0.25) is 5.89 Å². The zero-order valence-electron chi connectivity index (χ0n) is 11.3. The standard InChI is InChI=1S/C12H18N4O4/c1-8-14-9(20-16-8)3-6-13-11(19)15-12(4-2-5-12)7-10(17)18/h2-7H2,1H3,(H,17,18)(H2,13,15,19). The summed E-state index contributed by atoms with van der Waals surface area (Å²) in [4.78, 5) is 26.6. The van der Waals surface area contributed by atoms with Gasteiger partial charge in [0.1, 0.15) is 0 Å². The zero-order valence-corrected chi connectivity index (χ0v) is 11.3. The number of nitrogens with one attached hydrogen (secondary N) is 2. The first-order valence-corrected chi connectivity index (χ1v) is 6.56. The average Bonchev–Trinajstić information content (AvgIpc) is 2.71. The summed E-state index contributed by atoms with van der Waals surface area (Å²) in [6.45, 7) is 2.08. The van der Waals surface area contributed by atoms with Crippen molar-refractivity contribution in [2.75, 3.05) is 6.54 Å². The van der Waals surface area contributed by atoms with Crippen molar-refractivity contribution >= 4 is 12.0 Å². The van der Waals surface area contributed by atoms with E-state index in [1.165, 1.54) is 0 Å². The van der Waals surface area contributed by atoms with Gasteiger partial charge >= 0.3 is 12.0 Å². The van der Waals surface area contributed by atoms with E-state index in [1.54, 1.807) is 6.92 Å². The first-order valence-electron chi connectivity index (χ1n) is 6.56. The molecule has 2 rings (SSSR count). The van der Waals surface area contributed by atoms with E-state index in [9.17, 15) is 9.59 Å². The molecule has 1 fully saturated rings. The van der Waals surface area contributed by atoms with Gasteiger partial charge in [-0.15, -0.1) is 0 Å². The Balaban J connectivity index is 1.73. The number of aromatic nitrogens is 2. The Morgan fingerprint density at radius 3 is 2.70 bits per heavy atom. The summed E-state index contributed by atoms with van der Waals surface area (Å²) in [7, 11) is 0. The second-order valence-electron chi connectivity index (χ2n) is 5.07. The van der Waals surface area contributed by atoms with Crippen LogP contribution in [0.3, 0.4) is 0 Å². The van der Waals surface area contributed by atoms with Crippen LogP contribution in [0, 0.1) is 6.92 Å². The molecule has 0 spiro atoms. The molecule has 0 unspecified atom stereocenters. The molecule has 110 valence electrons. The molecule has 1 saturated carbocycles. The minimum absolute atomic E-state index is 0.0384. The topological polar surface area (TPSA) is 117 Å². The fourth-order valence-corrected chi connectivity index (χ4v) is 2.25. The lowest BCUT2D eigenvalue weighted by atomic mass is 9.74. The number of carboxylic acids is 1. The molecule has 3 N–H and O–H groups in total. The van der Waals surface area contributed by atoms with Crippen molar-refractivity contribution < 1.29 is 19.2 Å². The fourth-order valence-electron chi connectivity index (χ4n) is 2.25. The number of aliphatic carboxylic acids is 1. The summed E-state index contributed by atoms with van der Waals surface area (Å²) in [5.74, 6) is 0.123. The van der Waals surface area contributed by atoms with Crippen molar-refractivity contribution in [2.24, 2.45) is 0 Å². The third kappa shape index (κ3) is 3.69. The molecule has 1 aromatic rings. The molecule has 1 aliphatic carbocycles. The van der Waals surface area contributed by atoms with Crippen molar-refractivity contribution in [1.29, 1.82) is 0 Å². The molecule has 0 aromatic carbocycles. The van der Waals surface area contributed by atoms with Crippen LogP contribution >= 0.6 is 0 Å². The summed E-state index contributed by atoms with van der Waals surface area (Å²) < 4.78 is 4.92. The maximum absolute atomic E-state index is 11.7. The molecule has 8 heteroatoms. The summed E-state index contributed by atoms with van der Waals surface area (Å²) in [6, 6.07) is -0.359. The highest BCUT2D eigenvalue weighted by Gasteiger charge is 2.40. The van der Waals surface area contributed by atoms with Crippen molar-refractivity contribution in [1.82, 2.24) is 20.8 Å². The molecular weight excluding hydrogens is 264 g/mol. The van der Waals surface area contributed by atoms with E-state index < -0.39 is 11.5 Å². The molecule has 0 aliphatic heterocycles. The second kappa shape index (κ2) is 5.89. The smallest absolute Gasteiger partial charge is 0.315 e. The number of carboxylic acid groups (broad SMARTS) is 1. The van der Waals surface area contributed by atoms with Gasteiger partial charge in [0.15, 0.2) is 5.82 Å². The molecule has 8 nitrogen and oxygen atoms in total. The Morgan fingerprint density at radius 1 is 1.45 bits per heavy atom. The highest BCUT2D eigenvalue weighted by molar-refractivity contribution is 5.77.